The molecule has 2 aromatic heterocycles. The lowest BCUT2D eigenvalue weighted by molar-refractivity contribution is -0.111. The van der Waals surface area contributed by atoms with Crippen molar-refractivity contribution in [1.29, 1.82) is 0 Å². The van der Waals surface area contributed by atoms with E-state index < -0.39 is 5.63 Å². The molecule has 0 spiro atoms. The maximum atomic E-state index is 12.9. The fourth-order valence-corrected chi connectivity index (χ4v) is 4.68. The number of carbonyl (C=O) groups is 1. The molecule has 0 bridgehead atoms. The van der Waals surface area contributed by atoms with Gasteiger partial charge in [0.15, 0.2) is 5.76 Å². The van der Waals surface area contributed by atoms with Crippen molar-refractivity contribution in [3.05, 3.63) is 106 Å². The van der Waals surface area contributed by atoms with Crippen molar-refractivity contribution in [2.24, 2.45) is 0 Å². The van der Waals surface area contributed by atoms with E-state index in [4.69, 9.17) is 8.83 Å². The molecule has 2 heterocycles. The van der Waals surface area contributed by atoms with Gasteiger partial charge in [-0.15, -0.1) is 0 Å². The molecular formula is C29H21NO4. The number of nitrogens with one attached hydrogen (secondary N) is 1. The van der Waals surface area contributed by atoms with Crippen LogP contribution in [0.25, 0.3) is 39.3 Å². The summed E-state index contributed by atoms with van der Waals surface area (Å²) in [7, 11) is 0. The number of anilines is 1. The van der Waals surface area contributed by atoms with E-state index in [-0.39, 0.29) is 5.91 Å². The van der Waals surface area contributed by atoms with Crippen molar-refractivity contribution in [3.63, 3.8) is 0 Å². The molecule has 5 heteroatoms. The standard InChI is InChI=1S/C29H21NO4/c31-26(14-13-18-7-2-1-3-8-18)30-28-21-11-4-5-12-24(21)34-29(28)23-17-27(32)33-25-16-20-10-6-9-19(20)15-22(23)25/h1-5,7-8,11-17H,6,9-10H2,(H,30,31)/b14-13+. The third-order valence-electron chi connectivity index (χ3n) is 6.27. The number of rotatable bonds is 4. The largest absolute Gasteiger partial charge is 0.454 e. The Labute approximate surface area is 195 Å². The number of fused-ring (bicyclic) bond motifs is 3. The monoisotopic (exact) mass is 447 g/mol. The summed E-state index contributed by atoms with van der Waals surface area (Å²) in [5.74, 6) is 0.156. The van der Waals surface area contributed by atoms with Crippen LogP contribution in [0.15, 0.2) is 92.5 Å². The van der Waals surface area contributed by atoms with Crippen LogP contribution in [0, 0.1) is 0 Å². The topological polar surface area (TPSA) is 72.5 Å². The Morgan fingerprint density at radius 3 is 2.44 bits per heavy atom. The highest BCUT2D eigenvalue weighted by Crippen LogP contribution is 2.41. The summed E-state index contributed by atoms with van der Waals surface area (Å²) in [6, 6.07) is 22.6. The summed E-state index contributed by atoms with van der Waals surface area (Å²) in [6.07, 6.45) is 6.32. The number of aryl methyl sites for hydroxylation is 2. The molecule has 1 N–H and O–H groups in total. The molecule has 0 fully saturated rings. The molecule has 34 heavy (non-hydrogen) atoms. The molecule has 1 aliphatic carbocycles. The highest BCUT2D eigenvalue weighted by molar-refractivity contribution is 6.12. The Morgan fingerprint density at radius 2 is 1.59 bits per heavy atom. The molecule has 0 aliphatic heterocycles. The fraction of sp³-hybridized carbons (Fsp3) is 0.103. The van der Waals surface area contributed by atoms with Gasteiger partial charge in [0.05, 0.1) is 5.69 Å². The van der Waals surface area contributed by atoms with Crippen LogP contribution >= 0.6 is 0 Å². The second-order valence-corrected chi connectivity index (χ2v) is 8.49. The summed E-state index contributed by atoms with van der Waals surface area (Å²) in [6.45, 7) is 0. The van der Waals surface area contributed by atoms with E-state index in [0.717, 1.165) is 35.6 Å². The third kappa shape index (κ3) is 3.61. The molecule has 0 saturated heterocycles. The summed E-state index contributed by atoms with van der Waals surface area (Å²) >= 11 is 0. The lowest BCUT2D eigenvalue weighted by Gasteiger charge is -2.09. The van der Waals surface area contributed by atoms with E-state index in [9.17, 15) is 9.59 Å². The maximum Gasteiger partial charge on any atom is 0.336 e. The molecule has 0 radical (unpaired) electrons. The normalized spacial score (nSPS) is 13.1. The van der Waals surface area contributed by atoms with Crippen LogP contribution in [0.2, 0.25) is 0 Å². The first kappa shape index (κ1) is 20.2. The van der Waals surface area contributed by atoms with Gasteiger partial charge in [0.2, 0.25) is 5.91 Å². The first-order valence-corrected chi connectivity index (χ1v) is 11.3. The Morgan fingerprint density at radius 1 is 0.824 bits per heavy atom. The van der Waals surface area contributed by atoms with Crippen LogP contribution in [0.3, 0.4) is 0 Å². The van der Waals surface area contributed by atoms with E-state index >= 15 is 0 Å². The number of benzene rings is 3. The predicted molar refractivity (Wildman–Crippen MR) is 134 cm³/mol. The Bertz CT molecular complexity index is 1640. The van der Waals surface area contributed by atoms with Crippen molar-refractivity contribution in [2.45, 2.75) is 19.3 Å². The lowest BCUT2D eigenvalue weighted by atomic mass is 10.0. The van der Waals surface area contributed by atoms with E-state index in [0.29, 0.717) is 28.2 Å². The van der Waals surface area contributed by atoms with Gasteiger partial charge < -0.3 is 14.2 Å². The van der Waals surface area contributed by atoms with Crippen molar-refractivity contribution in [1.82, 2.24) is 0 Å². The molecule has 0 saturated carbocycles. The van der Waals surface area contributed by atoms with Gasteiger partial charge in [0.25, 0.3) is 0 Å². The van der Waals surface area contributed by atoms with Gasteiger partial charge >= 0.3 is 5.63 Å². The molecular weight excluding hydrogens is 426 g/mol. The lowest BCUT2D eigenvalue weighted by Crippen LogP contribution is -2.08. The minimum absolute atomic E-state index is 0.287. The van der Waals surface area contributed by atoms with Crippen LogP contribution in [0.1, 0.15) is 23.1 Å². The van der Waals surface area contributed by atoms with Gasteiger partial charge in [-0.2, -0.15) is 0 Å². The second-order valence-electron chi connectivity index (χ2n) is 8.49. The van der Waals surface area contributed by atoms with E-state index in [1.54, 1.807) is 6.08 Å². The average Bonchev–Trinajstić information content (AvgIpc) is 3.46. The fourth-order valence-electron chi connectivity index (χ4n) is 4.68. The number of furan rings is 1. The van der Waals surface area contributed by atoms with Gasteiger partial charge in [0.1, 0.15) is 11.2 Å². The van der Waals surface area contributed by atoms with Crippen LogP contribution in [-0.4, -0.2) is 5.91 Å². The van der Waals surface area contributed by atoms with Crippen molar-refractivity contribution in [3.8, 4) is 11.3 Å². The number of carbonyl (C=O) groups excluding carboxylic acids is 1. The molecule has 5 aromatic rings. The Balaban J connectivity index is 1.49. The van der Waals surface area contributed by atoms with Crippen LogP contribution in [0.4, 0.5) is 5.69 Å². The SMILES string of the molecule is O=C(/C=C/c1ccccc1)Nc1c(-c2cc(=O)oc3cc4c(cc23)CCC4)oc2ccccc12. The summed E-state index contributed by atoms with van der Waals surface area (Å²) in [5.41, 5.74) is 5.25. The van der Waals surface area contributed by atoms with Gasteiger partial charge in [-0.1, -0.05) is 42.5 Å². The highest BCUT2D eigenvalue weighted by atomic mass is 16.4. The molecule has 1 aliphatic rings. The molecule has 3 aromatic carbocycles. The zero-order valence-electron chi connectivity index (χ0n) is 18.3. The zero-order chi connectivity index (χ0) is 23.1. The van der Waals surface area contributed by atoms with Gasteiger partial charge in [0, 0.05) is 28.5 Å². The first-order valence-electron chi connectivity index (χ1n) is 11.3. The number of para-hydroxylation sites is 1. The first-order chi connectivity index (χ1) is 16.7. The maximum absolute atomic E-state index is 12.9. The molecule has 6 rings (SSSR count). The third-order valence-corrected chi connectivity index (χ3v) is 6.27. The molecule has 166 valence electrons. The summed E-state index contributed by atoms with van der Waals surface area (Å²) in [4.78, 5) is 25.4. The summed E-state index contributed by atoms with van der Waals surface area (Å²) < 4.78 is 11.7. The summed E-state index contributed by atoms with van der Waals surface area (Å²) in [5, 5.41) is 4.55. The van der Waals surface area contributed by atoms with Crippen LogP contribution in [0.5, 0.6) is 0 Å². The van der Waals surface area contributed by atoms with E-state index in [2.05, 4.69) is 11.4 Å². The number of hydrogen-bond donors (Lipinski definition) is 1. The Kier molecular flexibility index (Phi) is 4.88. The van der Waals surface area contributed by atoms with Crippen molar-refractivity contribution >= 4 is 39.6 Å². The zero-order valence-corrected chi connectivity index (χ0v) is 18.3. The minimum Gasteiger partial charge on any atom is -0.454 e. The second kappa shape index (κ2) is 8.19. The van der Waals surface area contributed by atoms with Crippen molar-refractivity contribution in [2.75, 3.05) is 5.32 Å². The van der Waals surface area contributed by atoms with Gasteiger partial charge in [-0.25, -0.2) is 4.79 Å². The molecule has 0 atom stereocenters. The van der Waals surface area contributed by atoms with E-state index in [1.165, 1.54) is 23.3 Å². The quantitative estimate of drug-likeness (QED) is 0.257. The Hall–Kier alpha value is -4.38. The number of hydrogen-bond acceptors (Lipinski definition) is 4. The highest BCUT2D eigenvalue weighted by Gasteiger charge is 2.22. The minimum atomic E-state index is -0.456. The van der Waals surface area contributed by atoms with Crippen molar-refractivity contribution < 1.29 is 13.6 Å². The number of amides is 1. The van der Waals surface area contributed by atoms with Gasteiger partial charge in [-0.3, -0.25) is 4.79 Å². The van der Waals surface area contributed by atoms with E-state index in [1.807, 2.05) is 60.7 Å². The van der Waals surface area contributed by atoms with Gasteiger partial charge in [-0.05, 0) is 66.3 Å². The predicted octanol–water partition coefficient (Wildman–Crippen LogP) is 6.35. The van der Waals surface area contributed by atoms with Crippen LogP contribution in [-0.2, 0) is 17.6 Å². The molecule has 1 amide bonds. The smallest absolute Gasteiger partial charge is 0.336 e. The average molecular weight is 447 g/mol. The molecule has 0 unspecified atom stereocenters. The van der Waals surface area contributed by atoms with Crippen LogP contribution < -0.4 is 10.9 Å². The molecule has 5 nitrogen and oxygen atoms in total.